The highest BCUT2D eigenvalue weighted by Crippen LogP contribution is 2.28. The predicted octanol–water partition coefficient (Wildman–Crippen LogP) is 3.19. The van der Waals surface area contributed by atoms with Crippen LogP contribution in [0.3, 0.4) is 0 Å². The molecule has 0 aliphatic carbocycles. The number of aliphatic hydroxyl groups excluding tert-OH is 1. The van der Waals surface area contributed by atoms with Crippen LogP contribution in [0.4, 0.5) is 0 Å². The van der Waals surface area contributed by atoms with Crippen molar-refractivity contribution in [2.75, 3.05) is 6.61 Å². The van der Waals surface area contributed by atoms with Crippen molar-refractivity contribution < 1.29 is 9.84 Å². The van der Waals surface area contributed by atoms with Crippen LogP contribution in [-0.2, 0) is 4.74 Å². The number of aliphatic hydroxyl groups is 1. The quantitative estimate of drug-likeness (QED) is 0.868. The van der Waals surface area contributed by atoms with Gasteiger partial charge in [-0.2, -0.15) is 0 Å². The second-order valence-corrected chi connectivity index (χ2v) is 5.86. The van der Waals surface area contributed by atoms with Gasteiger partial charge in [0, 0.05) is 5.02 Å². The summed E-state index contributed by atoms with van der Waals surface area (Å²) in [5, 5.41) is 10.1. The highest BCUT2D eigenvalue weighted by atomic mass is 35.5. The van der Waals surface area contributed by atoms with Crippen molar-refractivity contribution >= 4 is 29.1 Å². The van der Waals surface area contributed by atoms with Crippen LogP contribution in [0.1, 0.15) is 25.5 Å². The molecule has 1 aromatic carbocycles. The molecule has 2 rings (SSSR count). The van der Waals surface area contributed by atoms with Crippen LogP contribution >= 0.6 is 23.2 Å². The van der Waals surface area contributed by atoms with E-state index in [2.05, 4.69) is 4.99 Å². The van der Waals surface area contributed by atoms with Gasteiger partial charge >= 0.3 is 0 Å². The smallest absolute Gasteiger partial charge is 0.205 e. The number of ether oxygens (including phenoxy) is 1. The Bertz CT molecular complexity index is 457. The van der Waals surface area contributed by atoms with Crippen LogP contribution < -0.4 is 0 Å². The first-order valence-corrected chi connectivity index (χ1v) is 6.51. The maximum atomic E-state index is 10.2. The lowest BCUT2D eigenvalue weighted by atomic mass is 10.1. The molecular formula is C13H15Cl2NO2. The number of alkyl halides is 1. The third-order valence-electron chi connectivity index (χ3n) is 2.71. The van der Waals surface area contributed by atoms with Gasteiger partial charge in [-0.05, 0) is 31.5 Å². The number of benzene rings is 1. The van der Waals surface area contributed by atoms with Gasteiger partial charge in [-0.25, -0.2) is 4.99 Å². The number of rotatable bonds is 3. The molecular weight excluding hydrogens is 273 g/mol. The normalized spacial score (nSPS) is 21.1. The van der Waals surface area contributed by atoms with Gasteiger partial charge in [0.25, 0.3) is 0 Å². The minimum absolute atomic E-state index is 0.276. The van der Waals surface area contributed by atoms with E-state index >= 15 is 0 Å². The predicted molar refractivity (Wildman–Crippen MR) is 73.5 cm³/mol. The average Bonchev–Trinajstić information content (AvgIpc) is 2.69. The Morgan fingerprint density at radius 2 is 1.94 bits per heavy atom. The van der Waals surface area contributed by atoms with E-state index in [-0.39, 0.29) is 5.54 Å². The molecule has 18 heavy (non-hydrogen) atoms. The Balaban J connectivity index is 2.14. The van der Waals surface area contributed by atoms with Gasteiger partial charge in [0.1, 0.15) is 18.1 Å². The summed E-state index contributed by atoms with van der Waals surface area (Å²) in [6, 6.07) is 6.90. The molecule has 0 saturated carbocycles. The number of hydrogen-bond acceptors (Lipinski definition) is 3. The van der Waals surface area contributed by atoms with Crippen molar-refractivity contribution in [3.63, 3.8) is 0 Å². The van der Waals surface area contributed by atoms with Crippen LogP contribution in [0.2, 0.25) is 5.02 Å². The van der Waals surface area contributed by atoms with Crippen LogP contribution in [-0.4, -0.2) is 28.5 Å². The summed E-state index contributed by atoms with van der Waals surface area (Å²) in [6.07, 6.45) is -0.864. The Hall–Kier alpha value is -0.770. The van der Waals surface area contributed by atoms with Crippen molar-refractivity contribution in [2.24, 2.45) is 4.99 Å². The molecule has 0 radical (unpaired) electrons. The summed E-state index contributed by atoms with van der Waals surface area (Å²) in [6.45, 7) is 4.40. The van der Waals surface area contributed by atoms with Gasteiger partial charge < -0.3 is 9.84 Å². The summed E-state index contributed by atoms with van der Waals surface area (Å²) in [7, 11) is 0. The molecule has 0 saturated heterocycles. The van der Waals surface area contributed by atoms with Gasteiger partial charge in [0.2, 0.25) is 5.90 Å². The maximum Gasteiger partial charge on any atom is 0.205 e. The van der Waals surface area contributed by atoms with Crippen LogP contribution in [0, 0.1) is 0 Å². The van der Waals surface area contributed by atoms with Crippen molar-refractivity contribution in [3.8, 4) is 0 Å². The summed E-state index contributed by atoms with van der Waals surface area (Å²) >= 11 is 12.0. The van der Waals surface area contributed by atoms with E-state index in [0.717, 1.165) is 0 Å². The highest BCUT2D eigenvalue weighted by molar-refractivity contribution is 6.31. The molecule has 0 spiro atoms. The van der Waals surface area contributed by atoms with Gasteiger partial charge in [0.05, 0.1) is 5.54 Å². The molecule has 0 aromatic heterocycles. The summed E-state index contributed by atoms with van der Waals surface area (Å²) in [5.41, 5.74) is 0.415. The van der Waals surface area contributed by atoms with Gasteiger partial charge in [-0.3, -0.25) is 0 Å². The molecule has 0 unspecified atom stereocenters. The SMILES string of the molecule is CC1(C)COC([C@@H](Cl)[C@@H](O)c2ccc(Cl)cc2)=N1. The third-order valence-corrected chi connectivity index (χ3v) is 3.39. The second kappa shape index (κ2) is 5.08. The number of hydrogen-bond donors (Lipinski definition) is 1. The fourth-order valence-corrected chi connectivity index (χ4v) is 2.10. The third kappa shape index (κ3) is 2.97. The molecule has 5 heteroatoms. The summed E-state index contributed by atoms with van der Waals surface area (Å²) in [5.74, 6) is 0.393. The molecule has 0 fully saturated rings. The molecule has 1 aliphatic heterocycles. The van der Waals surface area contributed by atoms with Crippen molar-refractivity contribution in [1.82, 2.24) is 0 Å². The van der Waals surface area contributed by atoms with Gasteiger partial charge in [-0.15, -0.1) is 11.6 Å². The fraction of sp³-hybridized carbons (Fsp3) is 0.462. The first-order chi connectivity index (χ1) is 8.39. The molecule has 98 valence electrons. The number of nitrogens with zero attached hydrogens (tertiary/aromatic N) is 1. The molecule has 0 amide bonds. The minimum Gasteiger partial charge on any atom is -0.477 e. The zero-order chi connectivity index (χ0) is 13.3. The average molecular weight is 288 g/mol. The Morgan fingerprint density at radius 1 is 1.33 bits per heavy atom. The molecule has 1 aliphatic rings. The largest absolute Gasteiger partial charge is 0.477 e. The van der Waals surface area contributed by atoms with Crippen molar-refractivity contribution in [2.45, 2.75) is 30.9 Å². The lowest BCUT2D eigenvalue weighted by Crippen LogP contribution is -2.23. The first-order valence-electron chi connectivity index (χ1n) is 5.69. The number of aliphatic imine (C=N–C) groups is 1. The Labute approximate surface area is 116 Å². The molecule has 1 N–H and O–H groups in total. The lowest BCUT2D eigenvalue weighted by Gasteiger charge is -2.16. The topological polar surface area (TPSA) is 41.8 Å². The second-order valence-electron chi connectivity index (χ2n) is 4.95. The van der Waals surface area contributed by atoms with E-state index in [1.54, 1.807) is 24.3 Å². The van der Waals surface area contributed by atoms with E-state index in [1.807, 2.05) is 13.8 Å². The van der Waals surface area contributed by atoms with Gasteiger partial charge in [-0.1, -0.05) is 23.7 Å². The first kappa shape index (κ1) is 13.7. The van der Waals surface area contributed by atoms with E-state index < -0.39 is 11.5 Å². The summed E-state index contributed by atoms with van der Waals surface area (Å²) < 4.78 is 5.43. The molecule has 1 heterocycles. The zero-order valence-electron chi connectivity index (χ0n) is 10.2. The number of halogens is 2. The molecule has 3 nitrogen and oxygen atoms in total. The molecule has 1 aromatic rings. The highest BCUT2D eigenvalue weighted by Gasteiger charge is 2.33. The molecule has 2 atom stereocenters. The lowest BCUT2D eigenvalue weighted by molar-refractivity contribution is 0.178. The zero-order valence-corrected chi connectivity index (χ0v) is 11.7. The van der Waals surface area contributed by atoms with E-state index in [1.165, 1.54) is 0 Å². The Kier molecular flexibility index (Phi) is 3.85. The standard InChI is InChI=1S/C13H15Cl2NO2/c1-13(2)7-18-12(16-13)10(15)11(17)8-3-5-9(14)6-4-8/h3-6,10-11,17H,7H2,1-2H3/t10-,11-/m0/s1. The van der Waals surface area contributed by atoms with Crippen LogP contribution in [0.25, 0.3) is 0 Å². The fourth-order valence-electron chi connectivity index (χ4n) is 1.72. The van der Waals surface area contributed by atoms with E-state index in [9.17, 15) is 5.11 Å². The maximum absolute atomic E-state index is 10.2. The van der Waals surface area contributed by atoms with Crippen molar-refractivity contribution in [3.05, 3.63) is 34.9 Å². The monoisotopic (exact) mass is 287 g/mol. The van der Waals surface area contributed by atoms with Gasteiger partial charge in [0.15, 0.2) is 0 Å². The van der Waals surface area contributed by atoms with Crippen molar-refractivity contribution in [1.29, 1.82) is 0 Å². The molecule has 0 bridgehead atoms. The Morgan fingerprint density at radius 3 is 2.44 bits per heavy atom. The van der Waals surface area contributed by atoms with Crippen LogP contribution in [0.15, 0.2) is 29.3 Å². The van der Waals surface area contributed by atoms with E-state index in [4.69, 9.17) is 27.9 Å². The van der Waals surface area contributed by atoms with Crippen LogP contribution in [0.5, 0.6) is 0 Å². The minimum atomic E-state index is -0.864. The van der Waals surface area contributed by atoms with E-state index in [0.29, 0.717) is 23.1 Å². The summed E-state index contributed by atoms with van der Waals surface area (Å²) in [4.78, 5) is 4.36.